The molecule has 0 radical (unpaired) electrons. The lowest BCUT2D eigenvalue weighted by molar-refractivity contribution is -0.120. The summed E-state index contributed by atoms with van der Waals surface area (Å²) in [6, 6.07) is 15.9. The van der Waals surface area contributed by atoms with Gasteiger partial charge in [-0.3, -0.25) is 4.79 Å². The van der Waals surface area contributed by atoms with E-state index in [-0.39, 0.29) is 5.91 Å². The first-order valence-electron chi connectivity index (χ1n) is 7.13. The molecule has 0 aromatic heterocycles. The molecule has 0 aliphatic heterocycles. The van der Waals surface area contributed by atoms with Crippen LogP contribution in [-0.2, 0) is 17.6 Å². The van der Waals surface area contributed by atoms with Crippen molar-refractivity contribution >= 4 is 5.91 Å². The summed E-state index contributed by atoms with van der Waals surface area (Å²) in [4.78, 5) is 11.9. The Morgan fingerprint density at radius 3 is 2.62 bits per heavy atom. The summed E-state index contributed by atoms with van der Waals surface area (Å²) in [6.45, 7) is 2.67. The standard InChI is InChI=1S/C18H21NO2/c1-14-8-9-17(21-2)16(12-14)10-11-19-18(20)13-15-6-4-3-5-7-15/h3-9,12H,10-11,13H2,1-2H3,(H,19,20). The maximum Gasteiger partial charge on any atom is 0.224 e. The molecule has 0 aliphatic carbocycles. The third-order valence-electron chi connectivity index (χ3n) is 3.36. The molecule has 0 heterocycles. The summed E-state index contributed by atoms with van der Waals surface area (Å²) in [6.07, 6.45) is 1.19. The van der Waals surface area contributed by atoms with Gasteiger partial charge in [0.25, 0.3) is 0 Å². The lowest BCUT2D eigenvalue weighted by Gasteiger charge is -2.10. The van der Waals surface area contributed by atoms with E-state index in [9.17, 15) is 4.79 Å². The molecule has 2 aromatic carbocycles. The van der Waals surface area contributed by atoms with E-state index < -0.39 is 0 Å². The third-order valence-corrected chi connectivity index (χ3v) is 3.36. The number of methoxy groups -OCH3 is 1. The van der Waals surface area contributed by atoms with Gasteiger partial charge in [0.05, 0.1) is 13.5 Å². The Kier molecular flexibility index (Phi) is 5.38. The van der Waals surface area contributed by atoms with E-state index in [1.807, 2.05) is 42.5 Å². The van der Waals surface area contributed by atoms with E-state index in [1.165, 1.54) is 5.56 Å². The molecule has 2 aromatic rings. The molecule has 0 fully saturated rings. The Morgan fingerprint density at radius 1 is 1.14 bits per heavy atom. The largest absolute Gasteiger partial charge is 0.496 e. The number of ether oxygens (including phenoxy) is 1. The number of rotatable bonds is 6. The van der Waals surface area contributed by atoms with Crippen molar-refractivity contribution in [2.75, 3.05) is 13.7 Å². The first-order valence-corrected chi connectivity index (χ1v) is 7.13. The van der Waals surface area contributed by atoms with Gasteiger partial charge in [-0.05, 0) is 30.5 Å². The summed E-state index contributed by atoms with van der Waals surface area (Å²) < 4.78 is 5.34. The second kappa shape index (κ2) is 7.48. The quantitative estimate of drug-likeness (QED) is 0.885. The molecule has 3 nitrogen and oxygen atoms in total. The van der Waals surface area contributed by atoms with E-state index >= 15 is 0 Å². The van der Waals surface area contributed by atoms with Crippen LogP contribution in [0.25, 0.3) is 0 Å². The Balaban J connectivity index is 1.84. The third kappa shape index (κ3) is 4.63. The van der Waals surface area contributed by atoms with Crippen LogP contribution in [0.3, 0.4) is 0 Å². The average Bonchev–Trinajstić information content (AvgIpc) is 2.48. The molecule has 0 saturated heterocycles. The van der Waals surface area contributed by atoms with Crippen molar-refractivity contribution < 1.29 is 9.53 Å². The number of nitrogens with one attached hydrogen (secondary N) is 1. The molecule has 0 spiro atoms. The van der Waals surface area contributed by atoms with Gasteiger partial charge in [-0.15, -0.1) is 0 Å². The van der Waals surface area contributed by atoms with Crippen LogP contribution in [-0.4, -0.2) is 19.6 Å². The molecule has 3 heteroatoms. The first kappa shape index (κ1) is 15.1. The van der Waals surface area contributed by atoms with Crippen LogP contribution < -0.4 is 10.1 Å². The average molecular weight is 283 g/mol. The highest BCUT2D eigenvalue weighted by Crippen LogP contribution is 2.19. The van der Waals surface area contributed by atoms with Crippen molar-refractivity contribution in [2.45, 2.75) is 19.8 Å². The van der Waals surface area contributed by atoms with Gasteiger partial charge in [-0.25, -0.2) is 0 Å². The molecule has 21 heavy (non-hydrogen) atoms. The minimum atomic E-state index is 0.0489. The monoisotopic (exact) mass is 283 g/mol. The van der Waals surface area contributed by atoms with Gasteiger partial charge in [0.1, 0.15) is 5.75 Å². The topological polar surface area (TPSA) is 38.3 Å². The number of benzene rings is 2. The minimum absolute atomic E-state index is 0.0489. The number of hydrogen-bond donors (Lipinski definition) is 1. The Bertz CT molecular complexity index is 593. The summed E-state index contributed by atoms with van der Waals surface area (Å²) in [5.41, 5.74) is 3.35. The predicted molar refractivity (Wildman–Crippen MR) is 84.6 cm³/mol. The van der Waals surface area contributed by atoms with Crippen LogP contribution in [0.1, 0.15) is 16.7 Å². The van der Waals surface area contributed by atoms with Crippen molar-refractivity contribution in [1.29, 1.82) is 0 Å². The molecular formula is C18H21NO2. The Hall–Kier alpha value is -2.29. The van der Waals surface area contributed by atoms with Gasteiger partial charge in [0, 0.05) is 6.54 Å². The molecule has 1 amide bonds. The van der Waals surface area contributed by atoms with E-state index in [1.54, 1.807) is 7.11 Å². The van der Waals surface area contributed by atoms with Crippen LogP contribution >= 0.6 is 0 Å². The molecule has 0 atom stereocenters. The van der Waals surface area contributed by atoms with E-state index in [4.69, 9.17) is 4.74 Å². The molecule has 0 bridgehead atoms. The highest BCUT2D eigenvalue weighted by molar-refractivity contribution is 5.78. The lowest BCUT2D eigenvalue weighted by Crippen LogP contribution is -2.27. The zero-order valence-electron chi connectivity index (χ0n) is 12.6. The van der Waals surface area contributed by atoms with Crippen molar-refractivity contribution in [3.63, 3.8) is 0 Å². The van der Waals surface area contributed by atoms with Gasteiger partial charge in [-0.1, -0.05) is 48.0 Å². The van der Waals surface area contributed by atoms with Crippen molar-refractivity contribution in [3.8, 4) is 5.75 Å². The number of aryl methyl sites for hydroxylation is 1. The van der Waals surface area contributed by atoms with Gasteiger partial charge < -0.3 is 10.1 Å². The molecule has 1 N–H and O–H groups in total. The van der Waals surface area contributed by atoms with Gasteiger partial charge in [0.15, 0.2) is 0 Å². The Labute approximate surface area is 126 Å². The summed E-state index contributed by atoms with van der Waals surface area (Å²) in [7, 11) is 1.67. The van der Waals surface area contributed by atoms with Crippen LogP contribution in [0.2, 0.25) is 0 Å². The first-order chi connectivity index (χ1) is 10.2. The molecule has 0 unspecified atom stereocenters. The number of amides is 1. The highest BCUT2D eigenvalue weighted by Gasteiger charge is 2.05. The van der Waals surface area contributed by atoms with E-state index in [0.29, 0.717) is 13.0 Å². The second-order valence-corrected chi connectivity index (χ2v) is 5.08. The van der Waals surface area contributed by atoms with Gasteiger partial charge in [0.2, 0.25) is 5.91 Å². The lowest BCUT2D eigenvalue weighted by atomic mass is 10.1. The molecule has 2 rings (SSSR count). The number of hydrogen-bond acceptors (Lipinski definition) is 2. The van der Waals surface area contributed by atoms with Crippen molar-refractivity contribution in [1.82, 2.24) is 5.32 Å². The van der Waals surface area contributed by atoms with Crippen LogP contribution in [0.5, 0.6) is 5.75 Å². The molecule has 110 valence electrons. The number of carbonyl (C=O) groups is 1. The van der Waals surface area contributed by atoms with Gasteiger partial charge in [-0.2, -0.15) is 0 Å². The normalized spacial score (nSPS) is 10.2. The van der Waals surface area contributed by atoms with Gasteiger partial charge >= 0.3 is 0 Å². The van der Waals surface area contributed by atoms with Crippen LogP contribution in [0.15, 0.2) is 48.5 Å². The maximum absolute atomic E-state index is 11.9. The van der Waals surface area contributed by atoms with Crippen LogP contribution in [0, 0.1) is 6.92 Å². The molecular weight excluding hydrogens is 262 g/mol. The van der Waals surface area contributed by atoms with E-state index in [0.717, 1.165) is 23.3 Å². The maximum atomic E-state index is 11.9. The van der Waals surface area contributed by atoms with Crippen LogP contribution in [0.4, 0.5) is 0 Å². The summed E-state index contributed by atoms with van der Waals surface area (Å²) in [5, 5.41) is 2.96. The smallest absolute Gasteiger partial charge is 0.224 e. The molecule has 0 aliphatic rings. The SMILES string of the molecule is COc1ccc(C)cc1CCNC(=O)Cc1ccccc1. The highest BCUT2D eigenvalue weighted by atomic mass is 16.5. The van der Waals surface area contributed by atoms with Crippen molar-refractivity contribution in [3.05, 3.63) is 65.2 Å². The number of carbonyl (C=O) groups excluding carboxylic acids is 1. The zero-order chi connectivity index (χ0) is 15.1. The second-order valence-electron chi connectivity index (χ2n) is 5.08. The van der Waals surface area contributed by atoms with E-state index in [2.05, 4.69) is 18.3 Å². The fourth-order valence-corrected chi connectivity index (χ4v) is 2.28. The minimum Gasteiger partial charge on any atom is -0.496 e. The molecule has 0 saturated carbocycles. The fourth-order valence-electron chi connectivity index (χ4n) is 2.28. The predicted octanol–water partition coefficient (Wildman–Crippen LogP) is 2.91. The fraction of sp³-hybridized carbons (Fsp3) is 0.278. The zero-order valence-corrected chi connectivity index (χ0v) is 12.6. The summed E-state index contributed by atoms with van der Waals surface area (Å²) >= 11 is 0. The van der Waals surface area contributed by atoms with Crippen molar-refractivity contribution in [2.24, 2.45) is 0 Å². The summed E-state index contributed by atoms with van der Waals surface area (Å²) in [5.74, 6) is 0.922. The Morgan fingerprint density at radius 2 is 1.90 bits per heavy atom.